The molecule has 0 bridgehead atoms. The second-order valence-electron chi connectivity index (χ2n) is 5.38. The third-order valence-corrected chi connectivity index (χ3v) is 3.98. The normalized spacial score (nSPS) is 17.9. The maximum atomic E-state index is 9.31. The number of nitrogens with one attached hydrogen (secondary N) is 1. The van der Waals surface area contributed by atoms with Gasteiger partial charge in [-0.05, 0) is 37.5 Å². The highest BCUT2D eigenvalue weighted by Gasteiger charge is 2.41. The fraction of sp³-hybridized carbons (Fsp3) is 0.600. The van der Waals surface area contributed by atoms with Gasteiger partial charge in [0.05, 0.1) is 14.2 Å². The summed E-state index contributed by atoms with van der Waals surface area (Å²) in [6, 6.07) is 6.18. The lowest BCUT2D eigenvalue weighted by molar-refractivity contribution is 0.204. The SMILES string of the molecule is COc1ccc(C(C)NCC2(CO)CC2)cc1OC. The van der Waals surface area contributed by atoms with Gasteiger partial charge in [-0.25, -0.2) is 0 Å². The monoisotopic (exact) mass is 265 g/mol. The molecule has 1 unspecified atom stereocenters. The molecular formula is C15H23NO3. The van der Waals surface area contributed by atoms with Gasteiger partial charge in [0.15, 0.2) is 11.5 Å². The standard InChI is InChI=1S/C15H23NO3/c1-11(16-9-15(10-17)6-7-15)12-4-5-13(18-2)14(8-12)19-3/h4-5,8,11,16-17H,6-7,9-10H2,1-3H3. The van der Waals surface area contributed by atoms with Crippen LogP contribution in [0.15, 0.2) is 18.2 Å². The van der Waals surface area contributed by atoms with Gasteiger partial charge in [-0.1, -0.05) is 6.07 Å². The second-order valence-corrected chi connectivity index (χ2v) is 5.38. The minimum absolute atomic E-state index is 0.130. The van der Waals surface area contributed by atoms with Crippen molar-refractivity contribution in [3.63, 3.8) is 0 Å². The van der Waals surface area contributed by atoms with E-state index in [0.29, 0.717) is 0 Å². The van der Waals surface area contributed by atoms with Crippen LogP contribution in [0.5, 0.6) is 11.5 Å². The quantitative estimate of drug-likeness (QED) is 0.793. The lowest BCUT2D eigenvalue weighted by atomic mass is 10.0. The molecule has 0 saturated heterocycles. The fourth-order valence-electron chi connectivity index (χ4n) is 2.18. The largest absolute Gasteiger partial charge is 0.493 e. The molecule has 1 atom stereocenters. The summed E-state index contributed by atoms with van der Waals surface area (Å²) in [4.78, 5) is 0. The Balaban J connectivity index is 2.00. The van der Waals surface area contributed by atoms with Crippen molar-refractivity contribution >= 4 is 0 Å². The molecule has 4 heteroatoms. The van der Waals surface area contributed by atoms with E-state index in [1.54, 1.807) is 14.2 Å². The highest BCUT2D eigenvalue weighted by atomic mass is 16.5. The van der Waals surface area contributed by atoms with E-state index in [0.717, 1.165) is 36.4 Å². The summed E-state index contributed by atoms with van der Waals surface area (Å²) < 4.78 is 10.5. The Labute approximate surface area is 114 Å². The third kappa shape index (κ3) is 3.19. The van der Waals surface area contributed by atoms with E-state index in [-0.39, 0.29) is 18.1 Å². The molecule has 1 aromatic rings. The molecule has 0 aliphatic heterocycles. The van der Waals surface area contributed by atoms with Gasteiger partial charge >= 0.3 is 0 Å². The summed E-state index contributed by atoms with van der Waals surface area (Å²) in [5.41, 5.74) is 1.29. The van der Waals surface area contributed by atoms with E-state index < -0.39 is 0 Å². The van der Waals surface area contributed by atoms with Gasteiger partial charge in [0.25, 0.3) is 0 Å². The molecule has 2 N–H and O–H groups in total. The van der Waals surface area contributed by atoms with Crippen molar-refractivity contribution in [3.8, 4) is 11.5 Å². The maximum Gasteiger partial charge on any atom is 0.161 e. The van der Waals surface area contributed by atoms with Crippen molar-refractivity contribution < 1.29 is 14.6 Å². The van der Waals surface area contributed by atoms with Crippen molar-refractivity contribution in [2.45, 2.75) is 25.8 Å². The summed E-state index contributed by atoms with van der Waals surface area (Å²) >= 11 is 0. The molecule has 0 radical (unpaired) electrons. The van der Waals surface area contributed by atoms with E-state index >= 15 is 0 Å². The molecule has 0 aromatic heterocycles. The van der Waals surface area contributed by atoms with Gasteiger partial charge in [-0.3, -0.25) is 0 Å². The first-order valence-electron chi connectivity index (χ1n) is 6.70. The first-order chi connectivity index (χ1) is 9.14. The molecule has 1 aliphatic carbocycles. The van der Waals surface area contributed by atoms with Gasteiger partial charge < -0.3 is 19.9 Å². The summed E-state index contributed by atoms with van der Waals surface area (Å²) in [6.07, 6.45) is 2.24. The summed E-state index contributed by atoms with van der Waals surface area (Å²) in [5, 5.41) is 12.8. The van der Waals surface area contributed by atoms with Crippen molar-refractivity contribution in [2.75, 3.05) is 27.4 Å². The minimum Gasteiger partial charge on any atom is -0.493 e. The second kappa shape index (κ2) is 5.80. The highest BCUT2D eigenvalue weighted by molar-refractivity contribution is 5.43. The molecule has 2 rings (SSSR count). The maximum absolute atomic E-state index is 9.31. The molecule has 0 heterocycles. The fourth-order valence-corrected chi connectivity index (χ4v) is 2.18. The van der Waals surface area contributed by atoms with Gasteiger partial charge in [0.2, 0.25) is 0 Å². The molecule has 106 valence electrons. The smallest absolute Gasteiger partial charge is 0.161 e. The van der Waals surface area contributed by atoms with Crippen LogP contribution in [0.3, 0.4) is 0 Å². The summed E-state index contributed by atoms with van der Waals surface area (Å²) in [6.45, 7) is 3.26. The van der Waals surface area contributed by atoms with Crippen LogP contribution in [0.1, 0.15) is 31.4 Å². The van der Waals surface area contributed by atoms with Crippen molar-refractivity contribution in [1.29, 1.82) is 0 Å². The first-order valence-corrected chi connectivity index (χ1v) is 6.70. The van der Waals surface area contributed by atoms with Gasteiger partial charge in [0.1, 0.15) is 0 Å². The van der Waals surface area contributed by atoms with E-state index in [4.69, 9.17) is 9.47 Å². The van der Waals surface area contributed by atoms with E-state index in [1.165, 1.54) is 0 Å². The zero-order valence-electron chi connectivity index (χ0n) is 11.9. The lowest BCUT2D eigenvalue weighted by Gasteiger charge is -2.19. The molecule has 0 amide bonds. The number of ether oxygens (including phenoxy) is 2. The Morgan fingerprint density at radius 2 is 1.95 bits per heavy atom. The predicted octanol–water partition coefficient (Wildman–Crippen LogP) is 2.13. The van der Waals surface area contributed by atoms with Gasteiger partial charge in [0, 0.05) is 24.6 Å². The van der Waals surface area contributed by atoms with Crippen molar-refractivity contribution in [3.05, 3.63) is 23.8 Å². The van der Waals surface area contributed by atoms with Crippen LogP contribution in [0.2, 0.25) is 0 Å². The average molecular weight is 265 g/mol. The molecule has 4 nitrogen and oxygen atoms in total. The van der Waals surface area contributed by atoms with Gasteiger partial charge in [-0.15, -0.1) is 0 Å². The van der Waals surface area contributed by atoms with E-state index in [9.17, 15) is 5.11 Å². The Bertz CT molecular complexity index is 429. The van der Waals surface area contributed by atoms with Crippen molar-refractivity contribution in [1.82, 2.24) is 5.32 Å². The predicted molar refractivity (Wildman–Crippen MR) is 74.7 cm³/mol. The van der Waals surface area contributed by atoms with E-state index in [1.807, 2.05) is 18.2 Å². The Morgan fingerprint density at radius 3 is 2.47 bits per heavy atom. The molecular weight excluding hydrogens is 242 g/mol. The zero-order chi connectivity index (χ0) is 13.9. The van der Waals surface area contributed by atoms with E-state index in [2.05, 4.69) is 12.2 Å². The number of rotatable bonds is 7. The average Bonchev–Trinajstić information content (AvgIpc) is 3.24. The number of aliphatic hydroxyl groups excluding tert-OH is 1. The Hall–Kier alpha value is -1.26. The zero-order valence-corrected chi connectivity index (χ0v) is 11.9. The molecule has 19 heavy (non-hydrogen) atoms. The van der Waals surface area contributed by atoms with Gasteiger partial charge in [-0.2, -0.15) is 0 Å². The number of aliphatic hydroxyl groups is 1. The summed E-state index contributed by atoms with van der Waals surface area (Å²) in [5.74, 6) is 1.49. The van der Waals surface area contributed by atoms with Crippen LogP contribution in [0, 0.1) is 5.41 Å². The van der Waals surface area contributed by atoms with Crippen LogP contribution in [-0.4, -0.2) is 32.5 Å². The molecule has 1 saturated carbocycles. The number of hydrogen-bond acceptors (Lipinski definition) is 4. The number of benzene rings is 1. The van der Waals surface area contributed by atoms with Crippen LogP contribution in [0.4, 0.5) is 0 Å². The molecule has 1 aromatic carbocycles. The number of methoxy groups -OCH3 is 2. The molecule has 0 spiro atoms. The van der Waals surface area contributed by atoms with Crippen LogP contribution in [-0.2, 0) is 0 Å². The Morgan fingerprint density at radius 1 is 1.26 bits per heavy atom. The Kier molecular flexibility index (Phi) is 4.32. The first kappa shape index (κ1) is 14.2. The minimum atomic E-state index is 0.130. The lowest BCUT2D eigenvalue weighted by Crippen LogP contribution is -2.28. The highest BCUT2D eigenvalue weighted by Crippen LogP contribution is 2.44. The molecule has 1 fully saturated rings. The van der Waals surface area contributed by atoms with Crippen LogP contribution < -0.4 is 14.8 Å². The van der Waals surface area contributed by atoms with Crippen LogP contribution >= 0.6 is 0 Å². The third-order valence-electron chi connectivity index (χ3n) is 3.98. The summed E-state index contributed by atoms with van der Waals surface area (Å²) in [7, 11) is 3.28. The van der Waals surface area contributed by atoms with Crippen molar-refractivity contribution in [2.24, 2.45) is 5.41 Å². The topological polar surface area (TPSA) is 50.7 Å². The molecule has 1 aliphatic rings. The van der Waals surface area contributed by atoms with Crippen LogP contribution in [0.25, 0.3) is 0 Å². The number of hydrogen-bond donors (Lipinski definition) is 2.